The number of benzene rings is 1. The predicted octanol–water partition coefficient (Wildman–Crippen LogP) is 3.51. The molecule has 0 amide bonds. The molecule has 1 heterocycles. The van der Waals surface area contributed by atoms with Gasteiger partial charge in [0.05, 0.1) is 12.7 Å². The summed E-state index contributed by atoms with van der Waals surface area (Å²) in [5.41, 5.74) is 1.20. The van der Waals surface area contributed by atoms with E-state index in [0.717, 1.165) is 42.9 Å². The Morgan fingerprint density at radius 2 is 2.37 bits per heavy atom. The molecule has 1 aromatic rings. The van der Waals surface area contributed by atoms with Gasteiger partial charge >= 0.3 is 0 Å². The van der Waals surface area contributed by atoms with Crippen LogP contribution in [0.4, 0.5) is 0 Å². The van der Waals surface area contributed by atoms with Gasteiger partial charge in [0.2, 0.25) is 0 Å². The van der Waals surface area contributed by atoms with Gasteiger partial charge in [-0.2, -0.15) is 0 Å². The lowest BCUT2D eigenvalue weighted by Crippen LogP contribution is -2.26. The monoisotopic (exact) mass is 327 g/mol. The molecule has 1 aromatic carbocycles. The van der Waals surface area contributed by atoms with Gasteiger partial charge in [-0.25, -0.2) is 0 Å². The fourth-order valence-corrected chi connectivity index (χ4v) is 2.62. The average Bonchev–Trinajstić information content (AvgIpc) is 2.91. The Bertz CT molecular complexity index is 392. The Kier molecular flexibility index (Phi) is 6.14. The molecule has 2 rings (SSSR count). The molecule has 0 saturated carbocycles. The van der Waals surface area contributed by atoms with E-state index in [1.807, 2.05) is 12.1 Å². The van der Waals surface area contributed by atoms with E-state index in [9.17, 15) is 0 Å². The lowest BCUT2D eigenvalue weighted by atomic mass is 10.2. The van der Waals surface area contributed by atoms with E-state index < -0.39 is 0 Å². The summed E-state index contributed by atoms with van der Waals surface area (Å²) in [6, 6.07) is 6.17. The van der Waals surface area contributed by atoms with Crippen LogP contribution in [0, 0.1) is 0 Å². The van der Waals surface area contributed by atoms with Crippen molar-refractivity contribution in [2.45, 2.75) is 38.8 Å². The topological polar surface area (TPSA) is 30.5 Å². The third-order valence-electron chi connectivity index (χ3n) is 3.20. The SMILES string of the molecule is CCCOc1ccc(Br)cc1CNC[C@@H]1CCCO1. The Morgan fingerprint density at radius 1 is 1.47 bits per heavy atom. The second-order valence-corrected chi connectivity index (χ2v) is 5.78. The van der Waals surface area contributed by atoms with Gasteiger partial charge in [-0.1, -0.05) is 22.9 Å². The summed E-state index contributed by atoms with van der Waals surface area (Å²) in [4.78, 5) is 0. The number of hydrogen-bond donors (Lipinski definition) is 1. The van der Waals surface area contributed by atoms with Crippen LogP contribution >= 0.6 is 15.9 Å². The van der Waals surface area contributed by atoms with Crippen molar-refractivity contribution < 1.29 is 9.47 Å². The van der Waals surface area contributed by atoms with Crippen molar-refractivity contribution in [3.8, 4) is 5.75 Å². The minimum atomic E-state index is 0.382. The minimum absolute atomic E-state index is 0.382. The summed E-state index contributed by atoms with van der Waals surface area (Å²) >= 11 is 3.51. The molecule has 0 bridgehead atoms. The van der Waals surface area contributed by atoms with Crippen molar-refractivity contribution in [2.75, 3.05) is 19.8 Å². The van der Waals surface area contributed by atoms with Crippen LogP contribution in [-0.4, -0.2) is 25.9 Å². The average molecular weight is 328 g/mol. The highest BCUT2D eigenvalue weighted by Gasteiger charge is 2.14. The van der Waals surface area contributed by atoms with Crippen LogP contribution in [0.25, 0.3) is 0 Å². The highest BCUT2D eigenvalue weighted by atomic mass is 79.9. The van der Waals surface area contributed by atoms with Gasteiger partial charge < -0.3 is 14.8 Å². The second kappa shape index (κ2) is 7.88. The molecule has 4 heteroatoms. The highest BCUT2D eigenvalue weighted by Crippen LogP contribution is 2.23. The standard InChI is InChI=1S/C15H22BrNO2/c1-2-7-19-15-6-5-13(16)9-12(15)10-17-11-14-4-3-8-18-14/h5-6,9,14,17H,2-4,7-8,10-11H2,1H3/t14-/m0/s1. The fourth-order valence-electron chi connectivity index (χ4n) is 2.21. The Hall–Kier alpha value is -0.580. The van der Waals surface area contributed by atoms with Crippen LogP contribution in [0.5, 0.6) is 5.75 Å². The lowest BCUT2D eigenvalue weighted by Gasteiger charge is -2.14. The van der Waals surface area contributed by atoms with E-state index in [-0.39, 0.29) is 0 Å². The molecule has 0 unspecified atom stereocenters. The van der Waals surface area contributed by atoms with Crippen LogP contribution in [-0.2, 0) is 11.3 Å². The molecule has 106 valence electrons. The number of rotatable bonds is 7. The summed E-state index contributed by atoms with van der Waals surface area (Å²) in [5.74, 6) is 0.977. The minimum Gasteiger partial charge on any atom is -0.493 e. The normalized spacial score (nSPS) is 18.7. The van der Waals surface area contributed by atoms with Crippen molar-refractivity contribution in [1.29, 1.82) is 0 Å². The van der Waals surface area contributed by atoms with Gasteiger partial charge in [0, 0.05) is 29.7 Å². The first-order valence-corrected chi connectivity index (χ1v) is 7.82. The molecular weight excluding hydrogens is 306 g/mol. The van der Waals surface area contributed by atoms with Crippen LogP contribution in [0.3, 0.4) is 0 Å². The first kappa shape index (κ1) is 14.8. The second-order valence-electron chi connectivity index (χ2n) is 4.87. The maximum atomic E-state index is 5.77. The number of hydrogen-bond acceptors (Lipinski definition) is 3. The molecule has 1 aliphatic rings. The Labute approximate surface area is 123 Å². The van der Waals surface area contributed by atoms with Crippen molar-refractivity contribution >= 4 is 15.9 Å². The van der Waals surface area contributed by atoms with E-state index in [0.29, 0.717) is 6.10 Å². The largest absolute Gasteiger partial charge is 0.493 e. The van der Waals surface area contributed by atoms with E-state index in [1.165, 1.54) is 18.4 Å². The molecule has 3 nitrogen and oxygen atoms in total. The zero-order chi connectivity index (χ0) is 13.5. The smallest absolute Gasteiger partial charge is 0.123 e. The zero-order valence-corrected chi connectivity index (χ0v) is 13.0. The van der Waals surface area contributed by atoms with Crippen molar-refractivity contribution in [3.05, 3.63) is 28.2 Å². The molecule has 0 aliphatic carbocycles. The zero-order valence-electron chi connectivity index (χ0n) is 11.5. The van der Waals surface area contributed by atoms with Gasteiger partial charge in [0.15, 0.2) is 0 Å². The van der Waals surface area contributed by atoms with Crippen LogP contribution < -0.4 is 10.1 Å². The van der Waals surface area contributed by atoms with E-state index in [4.69, 9.17) is 9.47 Å². The van der Waals surface area contributed by atoms with Crippen LogP contribution in [0.1, 0.15) is 31.7 Å². The molecule has 1 fully saturated rings. The van der Waals surface area contributed by atoms with Gasteiger partial charge in [-0.3, -0.25) is 0 Å². The van der Waals surface area contributed by atoms with Crippen LogP contribution in [0.2, 0.25) is 0 Å². The molecule has 19 heavy (non-hydrogen) atoms. The molecule has 1 N–H and O–H groups in total. The van der Waals surface area contributed by atoms with Gasteiger partial charge in [0.25, 0.3) is 0 Å². The van der Waals surface area contributed by atoms with E-state index >= 15 is 0 Å². The summed E-state index contributed by atoms with van der Waals surface area (Å²) in [5, 5.41) is 3.46. The van der Waals surface area contributed by atoms with E-state index in [1.54, 1.807) is 0 Å². The molecule has 1 aliphatic heterocycles. The summed E-state index contributed by atoms with van der Waals surface area (Å²) in [6.45, 7) is 5.53. The predicted molar refractivity (Wildman–Crippen MR) is 80.6 cm³/mol. The lowest BCUT2D eigenvalue weighted by molar-refractivity contribution is 0.110. The van der Waals surface area contributed by atoms with Gasteiger partial charge in [-0.15, -0.1) is 0 Å². The van der Waals surface area contributed by atoms with E-state index in [2.05, 4.69) is 34.2 Å². The maximum absolute atomic E-state index is 5.77. The fraction of sp³-hybridized carbons (Fsp3) is 0.600. The Balaban J connectivity index is 1.87. The van der Waals surface area contributed by atoms with Crippen molar-refractivity contribution in [1.82, 2.24) is 5.32 Å². The molecule has 1 atom stereocenters. The maximum Gasteiger partial charge on any atom is 0.123 e. The molecule has 0 spiro atoms. The summed E-state index contributed by atoms with van der Waals surface area (Å²) in [6.07, 6.45) is 3.77. The summed E-state index contributed by atoms with van der Waals surface area (Å²) in [7, 11) is 0. The Morgan fingerprint density at radius 3 is 3.11 bits per heavy atom. The molecule has 0 radical (unpaired) electrons. The third kappa shape index (κ3) is 4.79. The molecule has 0 aromatic heterocycles. The van der Waals surface area contributed by atoms with Gasteiger partial charge in [-0.05, 0) is 37.5 Å². The van der Waals surface area contributed by atoms with Crippen molar-refractivity contribution in [2.24, 2.45) is 0 Å². The van der Waals surface area contributed by atoms with Crippen LogP contribution in [0.15, 0.2) is 22.7 Å². The number of halogens is 1. The number of ether oxygens (including phenoxy) is 2. The first-order chi connectivity index (χ1) is 9.29. The number of nitrogens with one attached hydrogen (secondary N) is 1. The quantitative estimate of drug-likeness (QED) is 0.831. The highest BCUT2D eigenvalue weighted by molar-refractivity contribution is 9.10. The van der Waals surface area contributed by atoms with Gasteiger partial charge in [0.1, 0.15) is 5.75 Å². The molecule has 1 saturated heterocycles. The first-order valence-electron chi connectivity index (χ1n) is 7.03. The third-order valence-corrected chi connectivity index (χ3v) is 3.69. The summed E-state index contributed by atoms with van der Waals surface area (Å²) < 4.78 is 12.5. The molecular formula is C15H22BrNO2. The van der Waals surface area contributed by atoms with Crippen molar-refractivity contribution in [3.63, 3.8) is 0 Å².